The number of ether oxygens (including phenoxy) is 1. The molecule has 2 fully saturated rings. The highest BCUT2D eigenvalue weighted by Crippen LogP contribution is 2.51. The molecule has 1 heterocycles. The summed E-state index contributed by atoms with van der Waals surface area (Å²) < 4.78 is 87.0. The first-order chi connectivity index (χ1) is 18.3. The van der Waals surface area contributed by atoms with Gasteiger partial charge < -0.3 is 14.7 Å². The number of fused-ring (bicyclic) bond motifs is 1. The second kappa shape index (κ2) is 10.3. The van der Waals surface area contributed by atoms with Crippen LogP contribution in [0.2, 0.25) is 0 Å². The summed E-state index contributed by atoms with van der Waals surface area (Å²) in [6.07, 6.45) is -8.65. The molecule has 3 aliphatic rings. The van der Waals surface area contributed by atoms with Crippen LogP contribution in [0.15, 0.2) is 60.3 Å². The Morgan fingerprint density at radius 3 is 2.13 bits per heavy atom. The number of halogens is 6. The van der Waals surface area contributed by atoms with Crippen molar-refractivity contribution < 1.29 is 41.0 Å². The molecule has 1 unspecified atom stereocenters. The van der Waals surface area contributed by atoms with E-state index in [0.29, 0.717) is 44.4 Å². The minimum Gasteiger partial charge on any atom is -0.373 e. The number of aliphatic hydroxyl groups is 1. The van der Waals surface area contributed by atoms with E-state index in [1.807, 2.05) is 35.2 Å². The summed E-state index contributed by atoms with van der Waals surface area (Å²) >= 11 is 0. The minimum atomic E-state index is -4.94. The molecule has 1 saturated heterocycles. The number of rotatable bonds is 5. The van der Waals surface area contributed by atoms with Gasteiger partial charge in [0.1, 0.15) is 6.23 Å². The minimum absolute atomic E-state index is 0.0148. The second-order valence-electron chi connectivity index (χ2n) is 10.7. The van der Waals surface area contributed by atoms with Gasteiger partial charge in [0.05, 0.1) is 23.3 Å². The molecule has 5 rings (SSSR count). The molecule has 0 spiro atoms. The third kappa shape index (κ3) is 5.59. The van der Waals surface area contributed by atoms with Crippen LogP contribution in [0.25, 0.3) is 0 Å². The predicted molar refractivity (Wildman–Crippen MR) is 130 cm³/mol. The van der Waals surface area contributed by atoms with Gasteiger partial charge in [-0.3, -0.25) is 4.79 Å². The number of allylic oxidation sites excluding steroid dienone is 2. The Bertz CT molecular complexity index is 1210. The zero-order valence-corrected chi connectivity index (χ0v) is 21.2. The zero-order chi connectivity index (χ0) is 28.1. The number of hydrogen-bond donors (Lipinski definition) is 1. The Labute approximate surface area is 222 Å². The topological polar surface area (TPSA) is 49.8 Å². The first-order valence-corrected chi connectivity index (χ1v) is 13.0. The molecule has 4 nitrogen and oxygen atoms in total. The van der Waals surface area contributed by atoms with E-state index in [-0.39, 0.29) is 35.2 Å². The van der Waals surface area contributed by atoms with Crippen LogP contribution in [0.4, 0.5) is 26.3 Å². The summed E-state index contributed by atoms with van der Waals surface area (Å²) in [4.78, 5) is 13.7. The summed E-state index contributed by atoms with van der Waals surface area (Å²) in [5.74, 6) is -0.441. The average molecular weight is 554 g/mol. The van der Waals surface area contributed by atoms with Crippen LogP contribution in [0.3, 0.4) is 0 Å². The first-order valence-electron chi connectivity index (χ1n) is 13.0. The van der Waals surface area contributed by atoms with Crippen molar-refractivity contribution in [3.8, 4) is 0 Å². The van der Waals surface area contributed by atoms with Gasteiger partial charge in [0, 0.05) is 36.6 Å². The molecule has 1 saturated carbocycles. The quantitative estimate of drug-likeness (QED) is 0.411. The summed E-state index contributed by atoms with van der Waals surface area (Å²) in [6.45, 7) is 1.94. The summed E-state index contributed by atoms with van der Waals surface area (Å²) in [6, 6.07) is 11.0. The van der Waals surface area contributed by atoms with E-state index in [9.17, 15) is 36.2 Å². The summed E-state index contributed by atoms with van der Waals surface area (Å²) in [5, 5.41) is 11.2. The van der Waals surface area contributed by atoms with E-state index in [2.05, 4.69) is 0 Å². The largest absolute Gasteiger partial charge is 0.416 e. The lowest BCUT2D eigenvalue weighted by molar-refractivity contribution is -0.143. The van der Waals surface area contributed by atoms with Crippen molar-refractivity contribution in [1.82, 2.24) is 4.90 Å². The number of ketones is 1. The molecule has 210 valence electrons. The third-order valence-electron chi connectivity index (χ3n) is 8.27. The van der Waals surface area contributed by atoms with Crippen LogP contribution in [0.5, 0.6) is 0 Å². The highest BCUT2D eigenvalue weighted by molar-refractivity contribution is 5.92. The van der Waals surface area contributed by atoms with Gasteiger partial charge in [-0.2, -0.15) is 26.3 Å². The van der Waals surface area contributed by atoms with Gasteiger partial charge in [0.2, 0.25) is 0 Å². The third-order valence-corrected chi connectivity index (χ3v) is 8.27. The molecule has 39 heavy (non-hydrogen) atoms. The van der Waals surface area contributed by atoms with Gasteiger partial charge in [-0.15, -0.1) is 0 Å². The van der Waals surface area contributed by atoms with E-state index < -0.39 is 41.9 Å². The monoisotopic (exact) mass is 553 g/mol. The number of aliphatic hydroxyl groups excluding tert-OH is 1. The van der Waals surface area contributed by atoms with Crippen molar-refractivity contribution in [2.45, 2.75) is 69.3 Å². The zero-order valence-electron chi connectivity index (χ0n) is 21.2. The van der Waals surface area contributed by atoms with Crippen LogP contribution >= 0.6 is 0 Å². The number of nitrogens with zero attached hydrogens (tertiary/aromatic N) is 1. The Morgan fingerprint density at radius 2 is 1.56 bits per heavy atom. The van der Waals surface area contributed by atoms with Crippen molar-refractivity contribution in [1.29, 1.82) is 0 Å². The number of carbonyl (C=O) groups is 1. The molecule has 0 aromatic heterocycles. The van der Waals surface area contributed by atoms with Gasteiger partial charge in [-0.05, 0) is 61.4 Å². The predicted octanol–water partition coefficient (Wildman–Crippen LogP) is 6.86. The molecule has 10 heteroatoms. The van der Waals surface area contributed by atoms with Crippen LogP contribution < -0.4 is 0 Å². The molecule has 6 atom stereocenters. The molecule has 1 aliphatic heterocycles. The van der Waals surface area contributed by atoms with Crippen molar-refractivity contribution in [2.24, 2.45) is 11.8 Å². The molecular formula is C29H29F6NO3. The van der Waals surface area contributed by atoms with Crippen LogP contribution in [0, 0.1) is 11.8 Å². The SMILES string of the molecule is C[C@@H](O[C@H]1CC[C@@H]2C(O)N(C3=CC(=O)CC3)C[C@H]2[C@@H]1c1ccccc1)c1cc(C(F)(F)F)cc(C(F)(F)F)c1. The summed E-state index contributed by atoms with van der Waals surface area (Å²) in [5.41, 5.74) is -1.23. The van der Waals surface area contributed by atoms with E-state index in [0.717, 1.165) is 11.3 Å². The molecule has 2 aromatic rings. The van der Waals surface area contributed by atoms with Gasteiger partial charge in [-0.25, -0.2) is 0 Å². The van der Waals surface area contributed by atoms with Gasteiger partial charge in [0.25, 0.3) is 0 Å². The molecular weight excluding hydrogens is 524 g/mol. The first kappa shape index (κ1) is 27.7. The van der Waals surface area contributed by atoms with Gasteiger partial charge >= 0.3 is 12.4 Å². The highest BCUT2D eigenvalue weighted by atomic mass is 19.4. The molecule has 2 aromatic carbocycles. The standard InChI is InChI=1S/C29H29F6NO3/c1-16(18-11-19(28(30,31)32)13-20(12-18)29(33,34)35)39-25-10-9-23-24(26(25)17-5-3-2-4-6-17)15-36(27(23)38)21-7-8-22(37)14-21/h2-6,11-14,16,23-27,38H,7-10,15H2,1H3/t16-,23+,24-,25+,26+,27?/m1/s1. The maximum atomic E-state index is 13.5. The van der Waals surface area contributed by atoms with Gasteiger partial charge in [0.15, 0.2) is 5.78 Å². The fourth-order valence-corrected chi connectivity index (χ4v) is 6.42. The smallest absolute Gasteiger partial charge is 0.373 e. The normalized spacial score (nSPS) is 28.4. The van der Waals surface area contributed by atoms with E-state index in [1.54, 1.807) is 6.08 Å². The molecule has 2 aliphatic carbocycles. The lowest BCUT2D eigenvalue weighted by Gasteiger charge is -2.41. The fraction of sp³-hybridized carbons (Fsp3) is 0.483. The number of hydrogen-bond acceptors (Lipinski definition) is 4. The number of benzene rings is 2. The number of likely N-dealkylation sites (tertiary alicyclic amines) is 1. The van der Waals surface area contributed by atoms with Crippen LogP contribution in [0.1, 0.15) is 66.9 Å². The van der Waals surface area contributed by atoms with Crippen LogP contribution in [-0.4, -0.2) is 34.7 Å². The lowest BCUT2D eigenvalue weighted by atomic mass is 9.69. The molecule has 0 radical (unpaired) electrons. The van der Waals surface area contributed by atoms with Gasteiger partial charge in [-0.1, -0.05) is 30.3 Å². The van der Waals surface area contributed by atoms with Crippen molar-refractivity contribution in [3.63, 3.8) is 0 Å². The van der Waals surface area contributed by atoms with E-state index in [4.69, 9.17) is 4.74 Å². The second-order valence-corrected chi connectivity index (χ2v) is 10.7. The Hall–Kier alpha value is -2.85. The maximum Gasteiger partial charge on any atom is 0.416 e. The maximum absolute atomic E-state index is 13.5. The highest BCUT2D eigenvalue weighted by Gasteiger charge is 2.51. The Balaban J connectivity index is 1.45. The van der Waals surface area contributed by atoms with Crippen molar-refractivity contribution in [3.05, 3.63) is 82.6 Å². The van der Waals surface area contributed by atoms with E-state index in [1.165, 1.54) is 6.92 Å². The Kier molecular flexibility index (Phi) is 7.30. The van der Waals surface area contributed by atoms with Crippen molar-refractivity contribution in [2.75, 3.05) is 6.54 Å². The summed E-state index contributed by atoms with van der Waals surface area (Å²) in [7, 11) is 0. The number of carbonyl (C=O) groups excluding carboxylic acids is 1. The molecule has 0 amide bonds. The fourth-order valence-electron chi connectivity index (χ4n) is 6.42. The number of alkyl halides is 6. The molecule has 0 bridgehead atoms. The van der Waals surface area contributed by atoms with Crippen molar-refractivity contribution >= 4 is 5.78 Å². The average Bonchev–Trinajstić information content (AvgIpc) is 3.45. The van der Waals surface area contributed by atoms with Crippen LogP contribution in [-0.2, 0) is 21.9 Å². The molecule has 1 N–H and O–H groups in total. The Morgan fingerprint density at radius 1 is 0.923 bits per heavy atom. The van der Waals surface area contributed by atoms with E-state index >= 15 is 0 Å². The lowest BCUT2D eigenvalue weighted by Crippen LogP contribution is -2.39.